The highest BCUT2D eigenvalue weighted by molar-refractivity contribution is 6.18. The molecular formula is C11H21Cl. The lowest BCUT2D eigenvalue weighted by Gasteiger charge is -2.42. The molecule has 72 valence electrons. The lowest BCUT2D eigenvalue weighted by atomic mass is 9.65. The number of alkyl halides is 1. The van der Waals surface area contributed by atoms with Gasteiger partial charge in [-0.2, -0.15) is 0 Å². The Hall–Kier alpha value is 0.290. The van der Waals surface area contributed by atoms with Crippen LogP contribution in [0, 0.1) is 10.8 Å². The van der Waals surface area contributed by atoms with Gasteiger partial charge < -0.3 is 0 Å². The summed E-state index contributed by atoms with van der Waals surface area (Å²) < 4.78 is 0. The van der Waals surface area contributed by atoms with Crippen molar-refractivity contribution in [3.05, 3.63) is 0 Å². The Labute approximate surface area is 81.7 Å². The van der Waals surface area contributed by atoms with Gasteiger partial charge in [0.1, 0.15) is 0 Å². The first-order valence-corrected chi connectivity index (χ1v) is 5.57. The van der Waals surface area contributed by atoms with E-state index < -0.39 is 0 Å². The Morgan fingerprint density at radius 2 is 1.83 bits per heavy atom. The van der Waals surface area contributed by atoms with Crippen LogP contribution in [0.5, 0.6) is 0 Å². The van der Waals surface area contributed by atoms with Crippen LogP contribution in [0.3, 0.4) is 0 Å². The van der Waals surface area contributed by atoms with Gasteiger partial charge in [0, 0.05) is 5.88 Å². The predicted octanol–water partition coefficient (Wildman–Crippen LogP) is 4.22. The zero-order valence-corrected chi connectivity index (χ0v) is 9.38. The first-order chi connectivity index (χ1) is 5.47. The molecule has 1 aliphatic carbocycles. The molecule has 1 rings (SSSR count). The zero-order chi connectivity index (χ0) is 9.24. The Kier molecular flexibility index (Phi) is 3.09. The van der Waals surface area contributed by atoms with E-state index in [1.54, 1.807) is 0 Å². The van der Waals surface area contributed by atoms with E-state index in [0.29, 0.717) is 10.8 Å². The normalized spacial score (nSPS) is 22.0. The predicted molar refractivity (Wildman–Crippen MR) is 55.7 cm³/mol. The van der Waals surface area contributed by atoms with Crippen molar-refractivity contribution in [3.63, 3.8) is 0 Å². The van der Waals surface area contributed by atoms with Crippen LogP contribution in [0.2, 0.25) is 0 Å². The lowest BCUT2D eigenvalue weighted by Crippen LogP contribution is -2.32. The molecule has 1 fully saturated rings. The molecule has 0 amide bonds. The van der Waals surface area contributed by atoms with Crippen LogP contribution in [0.4, 0.5) is 0 Å². The van der Waals surface area contributed by atoms with E-state index in [9.17, 15) is 0 Å². The lowest BCUT2D eigenvalue weighted by molar-refractivity contribution is 0.127. The van der Waals surface area contributed by atoms with Crippen LogP contribution in [-0.2, 0) is 0 Å². The van der Waals surface area contributed by atoms with Crippen LogP contribution >= 0.6 is 11.6 Å². The molecule has 0 nitrogen and oxygen atoms in total. The summed E-state index contributed by atoms with van der Waals surface area (Å²) in [6, 6.07) is 0. The van der Waals surface area contributed by atoms with E-state index in [1.165, 1.54) is 32.1 Å². The van der Waals surface area contributed by atoms with Gasteiger partial charge in [-0.3, -0.25) is 0 Å². The van der Waals surface area contributed by atoms with Crippen molar-refractivity contribution >= 4 is 11.6 Å². The second-order valence-corrected chi connectivity index (χ2v) is 5.82. The topological polar surface area (TPSA) is 0 Å². The fourth-order valence-corrected chi connectivity index (χ4v) is 2.17. The third kappa shape index (κ3) is 2.65. The maximum absolute atomic E-state index is 5.99. The molecule has 1 heteroatoms. The monoisotopic (exact) mass is 188 g/mol. The summed E-state index contributed by atoms with van der Waals surface area (Å²) >= 11 is 5.99. The second-order valence-electron chi connectivity index (χ2n) is 5.55. The molecule has 0 N–H and O–H groups in total. The molecule has 0 unspecified atom stereocenters. The minimum absolute atomic E-state index is 0.481. The van der Waals surface area contributed by atoms with Crippen molar-refractivity contribution in [1.82, 2.24) is 0 Å². The number of hydrogen-bond acceptors (Lipinski definition) is 0. The average Bonchev–Trinajstić information content (AvgIpc) is 1.84. The highest BCUT2D eigenvalue weighted by atomic mass is 35.5. The highest BCUT2D eigenvalue weighted by Gasteiger charge is 2.36. The molecule has 0 saturated heterocycles. The minimum atomic E-state index is 0.481. The third-order valence-corrected chi connectivity index (χ3v) is 3.67. The van der Waals surface area contributed by atoms with E-state index in [2.05, 4.69) is 20.8 Å². The SMILES string of the molecule is CC(C)(C)CCC1(CCl)CCC1. The summed E-state index contributed by atoms with van der Waals surface area (Å²) in [5.41, 5.74) is 1.02. The molecule has 0 bridgehead atoms. The van der Waals surface area contributed by atoms with Gasteiger partial charge in [-0.15, -0.1) is 11.6 Å². The van der Waals surface area contributed by atoms with Gasteiger partial charge >= 0.3 is 0 Å². The molecule has 0 aromatic carbocycles. The Morgan fingerprint density at radius 3 is 2.08 bits per heavy atom. The first-order valence-electron chi connectivity index (χ1n) is 5.04. The number of hydrogen-bond donors (Lipinski definition) is 0. The fourth-order valence-electron chi connectivity index (χ4n) is 1.77. The van der Waals surface area contributed by atoms with Crippen molar-refractivity contribution in [2.75, 3.05) is 5.88 Å². The summed E-state index contributed by atoms with van der Waals surface area (Å²) in [6.07, 6.45) is 6.79. The molecule has 0 spiro atoms. The van der Waals surface area contributed by atoms with Crippen molar-refractivity contribution in [3.8, 4) is 0 Å². The van der Waals surface area contributed by atoms with Gasteiger partial charge in [0.05, 0.1) is 0 Å². The molecule has 0 aromatic rings. The molecule has 0 aromatic heterocycles. The zero-order valence-electron chi connectivity index (χ0n) is 8.62. The Balaban J connectivity index is 2.30. The smallest absolute Gasteiger partial charge is 0.0280 e. The largest absolute Gasteiger partial charge is 0.126 e. The van der Waals surface area contributed by atoms with Gasteiger partial charge in [0.15, 0.2) is 0 Å². The summed E-state index contributed by atoms with van der Waals surface area (Å²) in [6.45, 7) is 6.94. The van der Waals surface area contributed by atoms with E-state index >= 15 is 0 Å². The summed E-state index contributed by atoms with van der Waals surface area (Å²) in [4.78, 5) is 0. The van der Waals surface area contributed by atoms with Crippen molar-refractivity contribution < 1.29 is 0 Å². The van der Waals surface area contributed by atoms with Crippen LogP contribution in [0.25, 0.3) is 0 Å². The number of rotatable bonds is 3. The summed E-state index contributed by atoms with van der Waals surface area (Å²) in [7, 11) is 0. The van der Waals surface area contributed by atoms with Crippen molar-refractivity contribution in [1.29, 1.82) is 0 Å². The van der Waals surface area contributed by atoms with Gasteiger partial charge in [-0.25, -0.2) is 0 Å². The molecule has 0 radical (unpaired) electrons. The maximum Gasteiger partial charge on any atom is 0.0280 e. The Morgan fingerprint density at radius 1 is 1.25 bits per heavy atom. The molecule has 1 aliphatic rings. The molecule has 1 saturated carbocycles. The molecule has 0 heterocycles. The summed E-state index contributed by atoms with van der Waals surface area (Å²) in [5.74, 6) is 0.878. The van der Waals surface area contributed by atoms with Gasteiger partial charge in [0.2, 0.25) is 0 Å². The quantitative estimate of drug-likeness (QED) is 0.582. The van der Waals surface area contributed by atoms with E-state index in [1.807, 2.05) is 0 Å². The Bertz CT molecular complexity index is 134. The van der Waals surface area contributed by atoms with Gasteiger partial charge in [0.25, 0.3) is 0 Å². The molecular weight excluding hydrogens is 168 g/mol. The minimum Gasteiger partial charge on any atom is -0.126 e. The van der Waals surface area contributed by atoms with Gasteiger partial charge in [-0.1, -0.05) is 27.2 Å². The molecule has 0 aliphatic heterocycles. The fraction of sp³-hybridized carbons (Fsp3) is 1.00. The van der Waals surface area contributed by atoms with Gasteiger partial charge in [-0.05, 0) is 36.5 Å². The van der Waals surface area contributed by atoms with E-state index in [4.69, 9.17) is 11.6 Å². The van der Waals surface area contributed by atoms with Crippen LogP contribution in [0.1, 0.15) is 52.9 Å². The maximum atomic E-state index is 5.99. The van der Waals surface area contributed by atoms with Crippen LogP contribution in [0.15, 0.2) is 0 Å². The summed E-state index contributed by atoms with van der Waals surface area (Å²) in [5, 5.41) is 0. The van der Waals surface area contributed by atoms with Crippen LogP contribution < -0.4 is 0 Å². The highest BCUT2D eigenvalue weighted by Crippen LogP contribution is 2.47. The number of halogens is 1. The average molecular weight is 189 g/mol. The third-order valence-electron chi connectivity index (χ3n) is 3.10. The van der Waals surface area contributed by atoms with E-state index in [0.717, 1.165) is 5.88 Å². The second kappa shape index (κ2) is 3.57. The van der Waals surface area contributed by atoms with Crippen molar-refractivity contribution in [2.45, 2.75) is 52.9 Å². The standard InChI is InChI=1S/C11H21Cl/c1-10(2,3)7-8-11(9-12)5-4-6-11/h4-9H2,1-3H3. The van der Waals surface area contributed by atoms with Crippen molar-refractivity contribution in [2.24, 2.45) is 10.8 Å². The van der Waals surface area contributed by atoms with E-state index in [-0.39, 0.29) is 0 Å². The molecule has 12 heavy (non-hydrogen) atoms. The van der Waals surface area contributed by atoms with Crippen LogP contribution in [-0.4, -0.2) is 5.88 Å². The molecule has 0 atom stereocenters. The first kappa shape index (κ1) is 10.4.